The molecule has 0 bridgehead atoms. The third kappa shape index (κ3) is 4.44. The first-order valence-corrected chi connectivity index (χ1v) is 11.4. The lowest BCUT2D eigenvalue weighted by Crippen LogP contribution is -2.47. The molecule has 5 nitrogen and oxygen atoms in total. The zero-order chi connectivity index (χ0) is 20.3. The van der Waals surface area contributed by atoms with Crippen molar-refractivity contribution in [1.29, 1.82) is 0 Å². The number of carbonyl (C=O) groups excluding carboxylic acids is 2. The highest BCUT2D eigenvalue weighted by Gasteiger charge is 2.41. The van der Waals surface area contributed by atoms with Crippen molar-refractivity contribution in [3.8, 4) is 5.75 Å². The van der Waals surface area contributed by atoms with Crippen molar-refractivity contribution in [3.63, 3.8) is 0 Å². The molecule has 2 heterocycles. The van der Waals surface area contributed by atoms with Crippen LogP contribution in [0.25, 0.3) is 0 Å². The van der Waals surface area contributed by atoms with Crippen LogP contribution in [0, 0.1) is 5.41 Å². The van der Waals surface area contributed by atoms with Crippen molar-refractivity contribution in [2.45, 2.75) is 70.8 Å². The van der Waals surface area contributed by atoms with Gasteiger partial charge in [-0.1, -0.05) is 26.2 Å². The smallest absolute Gasteiger partial charge is 0.253 e. The summed E-state index contributed by atoms with van der Waals surface area (Å²) in [6, 6.07) is 7.64. The van der Waals surface area contributed by atoms with Crippen molar-refractivity contribution in [3.05, 3.63) is 29.8 Å². The van der Waals surface area contributed by atoms with Crippen LogP contribution in [-0.2, 0) is 4.79 Å². The second-order valence-electron chi connectivity index (χ2n) is 9.25. The first-order chi connectivity index (χ1) is 14.1. The number of nitrogens with zero attached hydrogens (tertiary/aromatic N) is 2. The molecular formula is C24H34N2O3. The number of hydrogen-bond acceptors (Lipinski definition) is 3. The van der Waals surface area contributed by atoms with E-state index in [0.717, 1.165) is 69.5 Å². The molecule has 3 fully saturated rings. The third-order valence-corrected chi connectivity index (χ3v) is 7.05. The number of amides is 2. The Bertz CT molecular complexity index is 718. The topological polar surface area (TPSA) is 49.9 Å². The van der Waals surface area contributed by atoms with Gasteiger partial charge in [0.2, 0.25) is 5.91 Å². The van der Waals surface area contributed by atoms with Crippen LogP contribution in [-0.4, -0.2) is 53.9 Å². The van der Waals surface area contributed by atoms with E-state index in [1.807, 2.05) is 29.2 Å². The van der Waals surface area contributed by atoms with Gasteiger partial charge >= 0.3 is 0 Å². The molecule has 4 rings (SSSR count). The third-order valence-electron chi connectivity index (χ3n) is 7.05. The van der Waals surface area contributed by atoms with Crippen LogP contribution < -0.4 is 4.74 Å². The second kappa shape index (κ2) is 8.76. The van der Waals surface area contributed by atoms with Gasteiger partial charge in [0, 0.05) is 30.6 Å². The van der Waals surface area contributed by atoms with Crippen molar-refractivity contribution < 1.29 is 14.3 Å². The van der Waals surface area contributed by atoms with Crippen molar-refractivity contribution in [2.75, 3.05) is 26.2 Å². The Labute approximate surface area is 174 Å². The minimum absolute atomic E-state index is 0.113. The summed E-state index contributed by atoms with van der Waals surface area (Å²) < 4.78 is 6.03. The van der Waals surface area contributed by atoms with Crippen LogP contribution in [0.5, 0.6) is 5.75 Å². The second-order valence-corrected chi connectivity index (χ2v) is 9.25. The van der Waals surface area contributed by atoms with Gasteiger partial charge in [-0.3, -0.25) is 9.59 Å². The van der Waals surface area contributed by atoms with Crippen molar-refractivity contribution in [1.82, 2.24) is 9.80 Å². The summed E-state index contributed by atoms with van der Waals surface area (Å²) in [6.07, 6.45) is 9.88. The summed E-state index contributed by atoms with van der Waals surface area (Å²) in [5.74, 6) is 1.21. The number of hydrogen-bond donors (Lipinski definition) is 0. The summed E-state index contributed by atoms with van der Waals surface area (Å²) >= 11 is 0. The molecule has 3 aliphatic rings. The van der Waals surface area contributed by atoms with Crippen LogP contribution >= 0.6 is 0 Å². The number of ether oxygens (including phenoxy) is 1. The molecule has 2 amide bonds. The van der Waals surface area contributed by atoms with E-state index in [0.29, 0.717) is 12.5 Å². The Morgan fingerprint density at radius 1 is 0.966 bits per heavy atom. The predicted octanol–water partition coefficient (Wildman–Crippen LogP) is 4.26. The van der Waals surface area contributed by atoms with Crippen LogP contribution in [0.1, 0.15) is 75.1 Å². The van der Waals surface area contributed by atoms with E-state index in [-0.39, 0.29) is 17.4 Å². The lowest BCUT2D eigenvalue weighted by Gasteiger charge is -2.37. The van der Waals surface area contributed by atoms with Gasteiger partial charge in [0.15, 0.2) is 0 Å². The van der Waals surface area contributed by atoms with Gasteiger partial charge in [-0.05, 0) is 62.8 Å². The molecule has 0 radical (unpaired) electrons. The summed E-state index contributed by atoms with van der Waals surface area (Å²) in [4.78, 5) is 29.7. The van der Waals surface area contributed by atoms with E-state index in [9.17, 15) is 9.59 Å². The maximum atomic E-state index is 13.2. The quantitative estimate of drug-likeness (QED) is 0.744. The Morgan fingerprint density at radius 2 is 1.66 bits per heavy atom. The molecule has 0 spiro atoms. The fourth-order valence-electron chi connectivity index (χ4n) is 5.16. The minimum Gasteiger partial charge on any atom is -0.491 e. The molecule has 0 aromatic heterocycles. The summed E-state index contributed by atoms with van der Waals surface area (Å²) in [5.41, 5.74) is 0.542. The average molecular weight is 399 g/mol. The lowest BCUT2D eigenvalue weighted by molar-refractivity contribution is -0.144. The minimum atomic E-state index is -0.182. The molecule has 1 atom stereocenters. The predicted molar refractivity (Wildman–Crippen MR) is 113 cm³/mol. The van der Waals surface area contributed by atoms with Gasteiger partial charge in [-0.25, -0.2) is 0 Å². The SMILES string of the molecule is CC1(C(=O)N2CCCC2COc2ccc(C(=O)N3CCCC3)cc2)CCCCC1. The van der Waals surface area contributed by atoms with Gasteiger partial charge in [0.05, 0.1) is 6.04 Å². The molecular weight excluding hydrogens is 364 g/mol. The largest absolute Gasteiger partial charge is 0.491 e. The van der Waals surface area contributed by atoms with Gasteiger partial charge < -0.3 is 14.5 Å². The zero-order valence-corrected chi connectivity index (χ0v) is 17.7. The van der Waals surface area contributed by atoms with Crippen LogP contribution in [0.2, 0.25) is 0 Å². The standard InChI is InChI=1S/C24H34N2O3/c1-24(13-3-2-4-14-24)23(28)26-17-7-8-20(26)18-29-21-11-9-19(10-12-21)22(27)25-15-5-6-16-25/h9-12,20H,2-8,13-18H2,1H3. The maximum Gasteiger partial charge on any atom is 0.253 e. The molecule has 29 heavy (non-hydrogen) atoms. The molecule has 5 heteroatoms. The monoisotopic (exact) mass is 398 g/mol. The molecule has 1 saturated carbocycles. The molecule has 158 valence electrons. The van der Waals surface area contributed by atoms with Crippen LogP contribution in [0.3, 0.4) is 0 Å². The number of carbonyl (C=O) groups is 2. The Hall–Kier alpha value is -2.04. The maximum absolute atomic E-state index is 13.2. The number of benzene rings is 1. The highest BCUT2D eigenvalue weighted by atomic mass is 16.5. The highest BCUT2D eigenvalue weighted by Crippen LogP contribution is 2.39. The summed E-state index contributed by atoms with van der Waals surface area (Å²) in [5, 5.41) is 0. The average Bonchev–Trinajstić information content (AvgIpc) is 3.44. The molecule has 1 aliphatic carbocycles. The molecule has 2 saturated heterocycles. The summed E-state index contributed by atoms with van der Waals surface area (Å²) in [6.45, 7) is 5.26. The number of likely N-dealkylation sites (tertiary alicyclic amines) is 2. The zero-order valence-electron chi connectivity index (χ0n) is 17.7. The fraction of sp³-hybridized carbons (Fsp3) is 0.667. The van der Waals surface area contributed by atoms with Crippen molar-refractivity contribution >= 4 is 11.8 Å². The van der Waals surface area contributed by atoms with E-state index in [1.54, 1.807) is 0 Å². The first-order valence-electron chi connectivity index (χ1n) is 11.4. The van der Waals surface area contributed by atoms with E-state index in [2.05, 4.69) is 11.8 Å². The molecule has 1 aromatic carbocycles. The van der Waals surface area contributed by atoms with E-state index >= 15 is 0 Å². The molecule has 1 unspecified atom stereocenters. The van der Waals surface area contributed by atoms with Crippen LogP contribution in [0.15, 0.2) is 24.3 Å². The van der Waals surface area contributed by atoms with Gasteiger partial charge in [0.25, 0.3) is 5.91 Å². The first kappa shape index (κ1) is 20.2. The molecule has 1 aromatic rings. The Morgan fingerprint density at radius 3 is 2.34 bits per heavy atom. The van der Waals surface area contributed by atoms with E-state index < -0.39 is 0 Å². The summed E-state index contributed by atoms with van der Waals surface area (Å²) in [7, 11) is 0. The van der Waals surface area contributed by atoms with E-state index in [1.165, 1.54) is 19.3 Å². The highest BCUT2D eigenvalue weighted by molar-refractivity contribution is 5.94. The normalized spacial score (nSPS) is 24.0. The van der Waals surface area contributed by atoms with Gasteiger partial charge in [-0.2, -0.15) is 0 Å². The van der Waals surface area contributed by atoms with Crippen molar-refractivity contribution in [2.24, 2.45) is 5.41 Å². The van der Waals surface area contributed by atoms with Gasteiger partial charge in [0.1, 0.15) is 12.4 Å². The molecule has 0 N–H and O–H groups in total. The molecule has 2 aliphatic heterocycles. The van der Waals surface area contributed by atoms with Gasteiger partial charge in [-0.15, -0.1) is 0 Å². The number of rotatable bonds is 5. The van der Waals surface area contributed by atoms with E-state index in [4.69, 9.17) is 4.74 Å². The fourth-order valence-corrected chi connectivity index (χ4v) is 5.16. The Balaban J connectivity index is 1.33. The van der Waals surface area contributed by atoms with Crippen LogP contribution in [0.4, 0.5) is 0 Å². The lowest BCUT2D eigenvalue weighted by atomic mass is 9.74. The Kier molecular flexibility index (Phi) is 6.12.